The van der Waals surface area contributed by atoms with E-state index in [-0.39, 0.29) is 0 Å². The number of aromatic nitrogens is 2. The first-order chi connectivity index (χ1) is 11.1. The van der Waals surface area contributed by atoms with Crippen molar-refractivity contribution >= 4 is 34.4 Å². The Bertz CT molecular complexity index is 811. The average Bonchev–Trinajstić information content (AvgIpc) is 3.19. The van der Waals surface area contributed by atoms with E-state index in [1.165, 1.54) is 5.56 Å². The molecule has 23 heavy (non-hydrogen) atoms. The quantitative estimate of drug-likeness (QED) is 0.700. The molecule has 0 fully saturated rings. The van der Waals surface area contributed by atoms with E-state index in [2.05, 4.69) is 39.0 Å². The maximum Gasteiger partial charge on any atom is 0.246 e. The van der Waals surface area contributed by atoms with Crippen molar-refractivity contribution in [2.45, 2.75) is 20.4 Å². The highest BCUT2D eigenvalue weighted by Gasteiger charge is 2.10. The Balaban J connectivity index is 1.58. The summed E-state index contributed by atoms with van der Waals surface area (Å²) in [6.07, 6.45) is 0. The molecule has 3 aromatic rings. The van der Waals surface area contributed by atoms with Gasteiger partial charge in [0, 0.05) is 5.69 Å². The van der Waals surface area contributed by atoms with Gasteiger partial charge >= 0.3 is 0 Å². The normalized spacial score (nSPS) is 10.5. The lowest BCUT2D eigenvalue weighted by atomic mass is 10.1. The third-order valence-electron chi connectivity index (χ3n) is 3.25. The van der Waals surface area contributed by atoms with Crippen LogP contribution in [0.15, 0.2) is 40.2 Å². The van der Waals surface area contributed by atoms with Crippen LogP contribution < -0.4 is 10.6 Å². The molecule has 118 valence electrons. The van der Waals surface area contributed by atoms with Crippen molar-refractivity contribution in [3.8, 4) is 10.7 Å². The first-order valence-corrected chi connectivity index (χ1v) is 8.39. The Morgan fingerprint density at radius 1 is 1.30 bits per heavy atom. The van der Waals surface area contributed by atoms with E-state index < -0.39 is 0 Å². The number of anilines is 1. The summed E-state index contributed by atoms with van der Waals surface area (Å²) in [6, 6.07) is 10.1. The van der Waals surface area contributed by atoms with Crippen LogP contribution >= 0.6 is 23.6 Å². The Labute approximate surface area is 143 Å². The first-order valence-electron chi connectivity index (χ1n) is 7.10. The van der Waals surface area contributed by atoms with Gasteiger partial charge in [-0.05, 0) is 54.7 Å². The molecule has 3 rings (SSSR count). The monoisotopic (exact) mass is 344 g/mol. The minimum atomic E-state index is 0.384. The minimum Gasteiger partial charge on any atom is -0.353 e. The average molecular weight is 344 g/mol. The molecular formula is C16H16N4OS2. The Kier molecular flexibility index (Phi) is 4.68. The molecule has 1 aromatic carbocycles. The van der Waals surface area contributed by atoms with E-state index in [4.69, 9.17) is 16.7 Å². The summed E-state index contributed by atoms with van der Waals surface area (Å²) in [5, 5.41) is 12.7. The second-order valence-electron chi connectivity index (χ2n) is 5.12. The van der Waals surface area contributed by atoms with E-state index >= 15 is 0 Å². The fraction of sp³-hybridized carbons (Fsp3) is 0.188. The fourth-order valence-corrected chi connectivity index (χ4v) is 2.86. The van der Waals surface area contributed by atoms with Gasteiger partial charge in [-0.25, -0.2) is 0 Å². The van der Waals surface area contributed by atoms with E-state index in [0.29, 0.717) is 23.4 Å². The van der Waals surface area contributed by atoms with Crippen molar-refractivity contribution in [2.75, 3.05) is 5.32 Å². The fourth-order valence-electron chi connectivity index (χ4n) is 2.03. The Morgan fingerprint density at radius 3 is 2.96 bits per heavy atom. The second kappa shape index (κ2) is 6.89. The lowest BCUT2D eigenvalue weighted by Gasteiger charge is -2.12. The molecule has 2 aromatic heterocycles. The number of hydrogen-bond donors (Lipinski definition) is 2. The number of aryl methyl sites for hydroxylation is 2. The molecular weight excluding hydrogens is 328 g/mol. The Morgan fingerprint density at radius 2 is 2.17 bits per heavy atom. The molecule has 0 unspecified atom stereocenters. The zero-order valence-electron chi connectivity index (χ0n) is 12.8. The molecule has 7 heteroatoms. The number of thiocarbonyl (C=S) groups is 1. The van der Waals surface area contributed by atoms with Gasteiger partial charge in [0.1, 0.15) is 0 Å². The molecule has 0 amide bonds. The molecule has 0 atom stereocenters. The maximum atomic E-state index is 5.31. The highest BCUT2D eigenvalue weighted by atomic mass is 32.1. The summed E-state index contributed by atoms with van der Waals surface area (Å²) in [5.41, 5.74) is 3.31. The minimum absolute atomic E-state index is 0.384. The van der Waals surface area contributed by atoms with Crippen LogP contribution in [0.1, 0.15) is 17.0 Å². The molecule has 0 spiro atoms. The summed E-state index contributed by atoms with van der Waals surface area (Å²) in [4.78, 5) is 5.33. The smallest absolute Gasteiger partial charge is 0.246 e. The van der Waals surface area contributed by atoms with Crippen LogP contribution in [0.5, 0.6) is 0 Å². The summed E-state index contributed by atoms with van der Waals surface area (Å²) in [7, 11) is 0. The van der Waals surface area contributed by atoms with Gasteiger partial charge in [-0.1, -0.05) is 23.4 Å². The predicted octanol–water partition coefficient (Wildman–Crippen LogP) is 3.90. The highest BCUT2D eigenvalue weighted by molar-refractivity contribution is 7.80. The van der Waals surface area contributed by atoms with Crippen molar-refractivity contribution in [1.82, 2.24) is 15.5 Å². The molecule has 2 heterocycles. The lowest BCUT2D eigenvalue weighted by molar-refractivity contribution is 0.376. The maximum absolute atomic E-state index is 5.31. The number of nitrogens with one attached hydrogen (secondary N) is 2. The molecule has 0 aliphatic carbocycles. The van der Waals surface area contributed by atoms with Gasteiger partial charge in [-0.2, -0.15) is 4.98 Å². The molecule has 0 aliphatic rings. The summed E-state index contributed by atoms with van der Waals surface area (Å²) in [6.45, 7) is 4.47. The summed E-state index contributed by atoms with van der Waals surface area (Å²) in [5.74, 6) is 1.10. The van der Waals surface area contributed by atoms with Crippen LogP contribution in [0, 0.1) is 13.8 Å². The predicted molar refractivity (Wildman–Crippen MR) is 96.6 cm³/mol. The van der Waals surface area contributed by atoms with Crippen LogP contribution in [0.25, 0.3) is 10.7 Å². The molecule has 0 radical (unpaired) electrons. The molecule has 0 saturated carbocycles. The van der Waals surface area contributed by atoms with Gasteiger partial charge in [0.15, 0.2) is 5.11 Å². The van der Waals surface area contributed by atoms with E-state index in [1.807, 2.05) is 31.4 Å². The van der Waals surface area contributed by atoms with Gasteiger partial charge in [0.25, 0.3) is 0 Å². The number of hydrogen-bond acceptors (Lipinski definition) is 5. The van der Waals surface area contributed by atoms with Crippen molar-refractivity contribution in [3.63, 3.8) is 0 Å². The topological polar surface area (TPSA) is 63.0 Å². The Hall–Kier alpha value is -2.25. The zero-order chi connectivity index (χ0) is 16.2. The van der Waals surface area contributed by atoms with Crippen LogP contribution in [-0.2, 0) is 6.54 Å². The van der Waals surface area contributed by atoms with E-state index in [0.717, 1.165) is 16.1 Å². The van der Waals surface area contributed by atoms with Crippen LogP contribution in [0.2, 0.25) is 0 Å². The molecule has 5 nitrogen and oxygen atoms in total. The number of nitrogens with zero attached hydrogens (tertiary/aromatic N) is 2. The van der Waals surface area contributed by atoms with Crippen molar-refractivity contribution in [3.05, 3.63) is 52.7 Å². The van der Waals surface area contributed by atoms with Gasteiger partial charge in [0.05, 0.1) is 11.4 Å². The van der Waals surface area contributed by atoms with Gasteiger partial charge in [0.2, 0.25) is 11.7 Å². The highest BCUT2D eigenvalue weighted by Crippen LogP contribution is 2.21. The SMILES string of the molecule is Cc1ccc(C)c(NC(=S)NCc2nc(-c3cccs3)no2)c1. The zero-order valence-corrected chi connectivity index (χ0v) is 14.4. The molecule has 0 saturated heterocycles. The molecule has 0 aliphatic heterocycles. The second-order valence-corrected chi connectivity index (χ2v) is 6.47. The third-order valence-corrected chi connectivity index (χ3v) is 4.36. The van der Waals surface area contributed by atoms with E-state index in [1.54, 1.807) is 11.3 Å². The van der Waals surface area contributed by atoms with Crippen LogP contribution in [-0.4, -0.2) is 15.3 Å². The lowest BCUT2D eigenvalue weighted by Crippen LogP contribution is -2.28. The van der Waals surface area contributed by atoms with Crippen LogP contribution in [0.3, 0.4) is 0 Å². The summed E-state index contributed by atoms with van der Waals surface area (Å²) >= 11 is 6.89. The molecule has 2 N–H and O–H groups in total. The third kappa shape index (κ3) is 3.94. The number of thiophene rings is 1. The summed E-state index contributed by atoms with van der Waals surface area (Å²) < 4.78 is 5.23. The number of rotatable bonds is 4. The van der Waals surface area contributed by atoms with Crippen molar-refractivity contribution < 1.29 is 4.52 Å². The van der Waals surface area contributed by atoms with Crippen molar-refractivity contribution in [2.24, 2.45) is 0 Å². The van der Waals surface area contributed by atoms with Gasteiger partial charge in [-0.3, -0.25) is 0 Å². The molecule has 0 bridgehead atoms. The van der Waals surface area contributed by atoms with Gasteiger partial charge < -0.3 is 15.2 Å². The van der Waals surface area contributed by atoms with E-state index in [9.17, 15) is 0 Å². The standard InChI is InChI=1S/C16H16N4OS2/c1-10-5-6-11(2)12(8-10)18-16(22)17-9-14-19-15(20-21-14)13-4-3-7-23-13/h3-8H,9H2,1-2H3,(H2,17,18,22). The van der Waals surface area contributed by atoms with Crippen LogP contribution in [0.4, 0.5) is 5.69 Å². The largest absolute Gasteiger partial charge is 0.353 e. The van der Waals surface area contributed by atoms with Gasteiger partial charge in [-0.15, -0.1) is 11.3 Å². The number of benzene rings is 1. The van der Waals surface area contributed by atoms with Crippen molar-refractivity contribution in [1.29, 1.82) is 0 Å². The first kappa shape index (κ1) is 15.6.